The maximum absolute atomic E-state index is 7.51. The van der Waals surface area contributed by atoms with Crippen LogP contribution >= 0.6 is 0 Å². The number of ether oxygens (including phenoxy) is 2. The Kier molecular flexibility index (Phi) is 10.6. The average Bonchev–Trinajstić information content (AvgIpc) is 2.30. The van der Waals surface area contributed by atoms with E-state index in [1.165, 1.54) is 0 Å². The van der Waals surface area contributed by atoms with E-state index in [0.717, 1.165) is 0 Å². The van der Waals surface area contributed by atoms with E-state index in [2.05, 4.69) is 16.0 Å². The van der Waals surface area contributed by atoms with Gasteiger partial charge in [0, 0.05) is 19.1 Å². The molecule has 0 rings (SSSR count). The van der Waals surface area contributed by atoms with E-state index < -0.39 is 0 Å². The van der Waals surface area contributed by atoms with Gasteiger partial charge in [-0.3, -0.25) is 10.8 Å². The molecule has 8 heteroatoms. The lowest BCUT2D eigenvalue weighted by Crippen LogP contribution is -2.41. The van der Waals surface area contributed by atoms with E-state index in [4.69, 9.17) is 26.0 Å². The summed E-state index contributed by atoms with van der Waals surface area (Å²) in [4.78, 5) is 0. The van der Waals surface area contributed by atoms with Gasteiger partial charge < -0.3 is 31.2 Å². The fraction of sp³-hybridized carbons (Fsp3) is 0.818. The second-order valence-corrected chi connectivity index (χ2v) is 4.17. The monoisotopic (exact) mass is 274 g/mol. The fourth-order valence-electron chi connectivity index (χ4n) is 1.17. The third kappa shape index (κ3) is 14.4. The summed E-state index contributed by atoms with van der Waals surface area (Å²) in [5, 5.41) is 22.9. The van der Waals surface area contributed by atoms with Gasteiger partial charge >= 0.3 is 0 Å². The van der Waals surface area contributed by atoms with Gasteiger partial charge in [-0.05, 0) is 13.8 Å². The van der Waals surface area contributed by atoms with Crippen LogP contribution in [0.15, 0.2) is 0 Å². The largest absolute Gasteiger partial charge is 0.377 e. The zero-order chi connectivity index (χ0) is 14.5. The summed E-state index contributed by atoms with van der Waals surface area (Å²) in [7, 11) is 0. The summed E-state index contributed by atoms with van der Waals surface area (Å²) >= 11 is 0. The Labute approximate surface area is 114 Å². The maximum atomic E-state index is 7.51. The first kappa shape index (κ1) is 17.5. The Morgan fingerprint density at radius 3 is 2.00 bits per heavy atom. The van der Waals surface area contributed by atoms with Crippen molar-refractivity contribution < 1.29 is 9.47 Å². The van der Waals surface area contributed by atoms with Crippen LogP contribution in [0.25, 0.3) is 0 Å². The molecule has 112 valence electrons. The van der Waals surface area contributed by atoms with Crippen molar-refractivity contribution in [1.82, 2.24) is 16.0 Å². The fourth-order valence-corrected chi connectivity index (χ4v) is 1.17. The molecule has 0 bridgehead atoms. The highest BCUT2D eigenvalue weighted by Crippen LogP contribution is 1.79. The molecule has 0 spiro atoms. The normalized spacial score (nSPS) is 10.3. The number of nitrogens with two attached hydrogens (primary N) is 1. The van der Waals surface area contributed by atoms with Crippen molar-refractivity contribution in [3.05, 3.63) is 0 Å². The molecule has 0 saturated heterocycles. The average molecular weight is 274 g/mol. The van der Waals surface area contributed by atoms with Gasteiger partial charge in [-0.1, -0.05) is 0 Å². The zero-order valence-corrected chi connectivity index (χ0v) is 11.7. The molecule has 0 aliphatic rings. The molecule has 0 radical (unpaired) electrons. The molecule has 0 unspecified atom stereocenters. The van der Waals surface area contributed by atoms with Crippen LogP contribution in [-0.2, 0) is 9.47 Å². The van der Waals surface area contributed by atoms with E-state index in [1.807, 2.05) is 13.8 Å². The molecular weight excluding hydrogens is 248 g/mol. The highest BCUT2D eigenvalue weighted by Gasteiger charge is 1.97. The molecule has 0 heterocycles. The summed E-state index contributed by atoms with van der Waals surface area (Å²) in [5.74, 6) is 0.258. The van der Waals surface area contributed by atoms with Gasteiger partial charge in [-0.25, -0.2) is 0 Å². The Balaban J connectivity index is 3.14. The van der Waals surface area contributed by atoms with Crippen LogP contribution in [-0.4, -0.2) is 57.5 Å². The number of nitrogens with one attached hydrogen (secondary N) is 5. The molecule has 0 fully saturated rings. The SMILES string of the molecule is CC(C)NC(=N)NCCOCCOCCNC(=N)N. The first-order valence-corrected chi connectivity index (χ1v) is 6.34. The van der Waals surface area contributed by atoms with Crippen molar-refractivity contribution in [3.8, 4) is 0 Å². The van der Waals surface area contributed by atoms with E-state index in [1.54, 1.807) is 0 Å². The van der Waals surface area contributed by atoms with Crippen LogP contribution in [0.4, 0.5) is 0 Å². The summed E-state index contributed by atoms with van der Waals surface area (Å²) in [6, 6.07) is 0.248. The highest BCUT2D eigenvalue weighted by atomic mass is 16.5. The van der Waals surface area contributed by atoms with Crippen molar-refractivity contribution in [3.63, 3.8) is 0 Å². The summed E-state index contributed by atoms with van der Waals surface area (Å²) in [6.07, 6.45) is 0. The summed E-state index contributed by atoms with van der Waals surface area (Å²) < 4.78 is 10.6. The topological polar surface area (TPSA) is 128 Å². The van der Waals surface area contributed by atoms with E-state index in [-0.39, 0.29) is 12.0 Å². The molecule has 0 aromatic rings. The molecule has 0 aromatic carbocycles. The zero-order valence-electron chi connectivity index (χ0n) is 11.7. The van der Waals surface area contributed by atoms with Gasteiger partial charge in [-0.2, -0.15) is 0 Å². The molecule has 0 atom stereocenters. The smallest absolute Gasteiger partial charge is 0.188 e. The Hall–Kier alpha value is -1.54. The Morgan fingerprint density at radius 2 is 1.53 bits per heavy atom. The van der Waals surface area contributed by atoms with Crippen LogP contribution in [0.1, 0.15) is 13.8 Å². The van der Waals surface area contributed by atoms with E-state index >= 15 is 0 Å². The predicted octanol–water partition coefficient (Wildman–Crippen LogP) is -0.975. The first-order chi connectivity index (χ1) is 9.02. The molecule has 7 N–H and O–H groups in total. The molecule has 8 nitrogen and oxygen atoms in total. The number of guanidine groups is 2. The van der Waals surface area contributed by atoms with Gasteiger partial charge in [0.1, 0.15) is 0 Å². The third-order valence-corrected chi connectivity index (χ3v) is 1.92. The Morgan fingerprint density at radius 1 is 1.00 bits per heavy atom. The van der Waals surface area contributed by atoms with Crippen molar-refractivity contribution >= 4 is 11.9 Å². The predicted molar refractivity (Wildman–Crippen MR) is 75.6 cm³/mol. The second-order valence-electron chi connectivity index (χ2n) is 4.17. The van der Waals surface area contributed by atoms with Gasteiger partial charge in [0.05, 0.1) is 26.4 Å². The second kappa shape index (κ2) is 11.5. The number of hydrogen-bond donors (Lipinski definition) is 6. The van der Waals surface area contributed by atoms with E-state index in [0.29, 0.717) is 45.5 Å². The number of hydrogen-bond acceptors (Lipinski definition) is 4. The van der Waals surface area contributed by atoms with Crippen molar-refractivity contribution in [2.75, 3.05) is 39.5 Å². The van der Waals surface area contributed by atoms with Crippen LogP contribution in [0.5, 0.6) is 0 Å². The maximum Gasteiger partial charge on any atom is 0.188 e. The van der Waals surface area contributed by atoms with Gasteiger partial charge in [0.15, 0.2) is 11.9 Å². The third-order valence-electron chi connectivity index (χ3n) is 1.92. The minimum atomic E-state index is -0.0524. The van der Waals surface area contributed by atoms with Crippen LogP contribution in [0, 0.1) is 10.8 Å². The molecule has 19 heavy (non-hydrogen) atoms. The summed E-state index contributed by atoms with van der Waals surface area (Å²) in [6.45, 7) is 7.09. The molecule has 0 aliphatic heterocycles. The van der Waals surface area contributed by atoms with Crippen molar-refractivity contribution in [2.24, 2.45) is 5.73 Å². The Bertz CT molecular complexity index is 260. The molecule has 0 saturated carbocycles. The molecule has 0 aliphatic carbocycles. The lowest BCUT2D eigenvalue weighted by atomic mass is 10.4. The molecular formula is C11H26N6O2. The lowest BCUT2D eigenvalue weighted by molar-refractivity contribution is 0.0518. The van der Waals surface area contributed by atoms with Crippen LogP contribution in [0.2, 0.25) is 0 Å². The standard InChI is InChI=1S/C11H26N6O2/c1-9(2)17-11(14)16-4-6-19-8-7-18-5-3-15-10(12)13/h9H,3-8H2,1-2H3,(H4,12,13,15)(H3,14,16,17). The van der Waals surface area contributed by atoms with Crippen molar-refractivity contribution in [2.45, 2.75) is 19.9 Å². The molecule has 0 aromatic heterocycles. The lowest BCUT2D eigenvalue weighted by Gasteiger charge is -2.13. The van der Waals surface area contributed by atoms with Gasteiger partial charge in [0.25, 0.3) is 0 Å². The van der Waals surface area contributed by atoms with E-state index in [9.17, 15) is 0 Å². The minimum absolute atomic E-state index is 0.0524. The van der Waals surface area contributed by atoms with Gasteiger partial charge in [-0.15, -0.1) is 0 Å². The minimum Gasteiger partial charge on any atom is -0.377 e. The molecule has 0 amide bonds. The highest BCUT2D eigenvalue weighted by molar-refractivity contribution is 5.76. The number of rotatable bonds is 10. The quantitative estimate of drug-likeness (QED) is 0.173. The van der Waals surface area contributed by atoms with Gasteiger partial charge in [0.2, 0.25) is 0 Å². The first-order valence-electron chi connectivity index (χ1n) is 6.34. The van der Waals surface area contributed by atoms with Crippen LogP contribution < -0.4 is 21.7 Å². The van der Waals surface area contributed by atoms with Crippen molar-refractivity contribution in [1.29, 1.82) is 10.8 Å². The summed E-state index contributed by atoms with van der Waals surface area (Å²) in [5.41, 5.74) is 5.11. The van der Waals surface area contributed by atoms with Crippen LogP contribution in [0.3, 0.4) is 0 Å².